The number of benzene rings is 1. The van der Waals surface area contributed by atoms with E-state index in [1.807, 2.05) is 13.0 Å². The Labute approximate surface area is 128 Å². The molecule has 2 aromatic rings. The van der Waals surface area contributed by atoms with E-state index in [-0.39, 0.29) is 11.8 Å². The maximum atomic E-state index is 11.7. The highest BCUT2D eigenvalue weighted by molar-refractivity contribution is 5.99. The van der Waals surface area contributed by atoms with Gasteiger partial charge in [0.25, 0.3) is 0 Å². The number of aromatic nitrogens is 3. The van der Waals surface area contributed by atoms with E-state index < -0.39 is 6.10 Å². The molecule has 1 aromatic carbocycles. The molecular formula is C15H17N5O2. The largest absolute Gasteiger partial charge is 0.385 e. The lowest BCUT2D eigenvalue weighted by Crippen LogP contribution is -2.12. The van der Waals surface area contributed by atoms with Crippen molar-refractivity contribution in [2.75, 3.05) is 5.32 Å². The lowest BCUT2D eigenvalue weighted by Gasteiger charge is -2.15. The molecule has 2 atom stereocenters. The van der Waals surface area contributed by atoms with E-state index in [1.54, 1.807) is 25.1 Å². The van der Waals surface area contributed by atoms with E-state index in [1.165, 1.54) is 6.92 Å². The summed E-state index contributed by atoms with van der Waals surface area (Å²) in [6.45, 7) is 4.89. The molecule has 0 saturated heterocycles. The molecule has 0 bridgehead atoms. The number of carbonyl (C=O) groups excluding carboxylic acids is 1. The highest BCUT2D eigenvalue weighted by Gasteiger charge is 2.16. The molecule has 7 nitrogen and oxygen atoms in total. The molecule has 1 aromatic heterocycles. The van der Waals surface area contributed by atoms with Gasteiger partial charge in [-0.1, -0.05) is 0 Å². The average Bonchev–Trinajstić information content (AvgIpc) is 2.97. The molecule has 7 heteroatoms. The van der Waals surface area contributed by atoms with Crippen LogP contribution in [0.1, 0.15) is 60.5 Å². The van der Waals surface area contributed by atoms with Gasteiger partial charge in [0.15, 0.2) is 11.6 Å². The first-order valence-electron chi connectivity index (χ1n) is 6.84. The Morgan fingerprint density at radius 1 is 1.45 bits per heavy atom. The number of rotatable bonds is 5. The maximum absolute atomic E-state index is 11.7. The Bertz CT molecular complexity index is 730. The fraction of sp³-hybridized carbons (Fsp3) is 0.333. The summed E-state index contributed by atoms with van der Waals surface area (Å²) in [7, 11) is 0. The maximum Gasteiger partial charge on any atom is 0.178 e. The zero-order valence-electron chi connectivity index (χ0n) is 12.6. The topological polar surface area (TPSA) is 115 Å². The molecule has 1 heterocycles. The quantitative estimate of drug-likeness (QED) is 0.728. The molecule has 0 aliphatic carbocycles. The number of nitrogens with zero attached hydrogens (tertiary/aromatic N) is 3. The Morgan fingerprint density at radius 2 is 2.18 bits per heavy atom. The molecule has 0 saturated carbocycles. The molecule has 2 unspecified atom stereocenters. The van der Waals surface area contributed by atoms with Crippen molar-refractivity contribution in [2.45, 2.75) is 32.9 Å². The Balaban J connectivity index is 2.28. The van der Waals surface area contributed by atoms with Crippen molar-refractivity contribution in [3.8, 4) is 6.07 Å². The Hall–Kier alpha value is -2.72. The van der Waals surface area contributed by atoms with Gasteiger partial charge in [0, 0.05) is 11.3 Å². The first-order valence-corrected chi connectivity index (χ1v) is 6.84. The normalized spacial score (nSPS) is 13.2. The number of ketones is 1. The average molecular weight is 299 g/mol. The summed E-state index contributed by atoms with van der Waals surface area (Å²) < 4.78 is 0. The van der Waals surface area contributed by atoms with Gasteiger partial charge >= 0.3 is 0 Å². The summed E-state index contributed by atoms with van der Waals surface area (Å²) in [6.07, 6.45) is -0.758. The highest BCUT2D eigenvalue weighted by Crippen LogP contribution is 2.23. The van der Waals surface area contributed by atoms with E-state index in [0.29, 0.717) is 28.5 Å². The third-order valence-electron chi connectivity index (χ3n) is 3.20. The third-order valence-corrected chi connectivity index (χ3v) is 3.20. The SMILES string of the molecule is CC(=O)c1ccc(C#N)cc1NC(C)c1nc(C(C)O)n[nH]1. The predicted octanol–water partition coefficient (Wildman–Crippen LogP) is 2.11. The molecular weight excluding hydrogens is 282 g/mol. The van der Waals surface area contributed by atoms with Gasteiger partial charge in [-0.15, -0.1) is 0 Å². The van der Waals surface area contributed by atoms with Crippen LogP contribution < -0.4 is 5.32 Å². The second-order valence-electron chi connectivity index (χ2n) is 5.05. The molecule has 22 heavy (non-hydrogen) atoms. The van der Waals surface area contributed by atoms with Gasteiger partial charge in [-0.3, -0.25) is 9.89 Å². The molecule has 0 aliphatic rings. The van der Waals surface area contributed by atoms with Crippen LogP contribution in [0.4, 0.5) is 5.69 Å². The van der Waals surface area contributed by atoms with Crippen molar-refractivity contribution < 1.29 is 9.90 Å². The molecule has 0 radical (unpaired) electrons. The van der Waals surface area contributed by atoms with Crippen molar-refractivity contribution in [3.63, 3.8) is 0 Å². The summed E-state index contributed by atoms with van der Waals surface area (Å²) in [5.41, 5.74) is 1.53. The van der Waals surface area contributed by atoms with Gasteiger partial charge < -0.3 is 10.4 Å². The number of aliphatic hydroxyl groups is 1. The Kier molecular flexibility index (Phi) is 4.53. The first kappa shape index (κ1) is 15.7. The number of nitriles is 1. The number of Topliss-reactive ketones (excluding diaryl/α,β-unsaturated/α-hetero) is 1. The van der Waals surface area contributed by atoms with Crippen LogP contribution in [0.5, 0.6) is 0 Å². The number of aliphatic hydroxyl groups excluding tert-OH is 1. The molecule has 2 rings (SSSR count). The standard InChI is InChI=1S/C15H17N5O2/c1-8(14-18-15(10(3)22)20-19-14)17-13-6-11(7-16)4-5-12(13)9(2)21/h4-6,8,10,17,22H,1-3H3,(H,18,19,20). The second kappa shape index (κ2) is 6.37. The third kappa shape index (κ3) is 3.30. The lowest BCUT2D eigenvalue weighted by molar-refractivity contribution is 0.101. The van der Waals surface area contributed by atoms with E-state index in [2.05, 4.69) is 20.5 Å². The summed E-state index contributed by atoms with van der Waals surface area (Å²) in [4.78, 5) is 15.9. The van der Waals surface area contributed by atoms with Crippen LogP contribution in [0.15, 0.2) is 18.2 Å². The highest BCUT2D eigenvalue weighted by atomic mass is 16.3. The summed E-state index contributed by atoms with van der Waals surface area (Å²) in [5, 5.41) is 28.3. The van der Waals surface area contributed by atoms with Crippen LogP contribution in [0.2, 0.25) is 0 Å². The van der Waals surface area contributed by atoms with E-state index in [9.17, 15) is 9.90 Å². The summed E-state index contributed by atoms with van der Waals surface area (Å²) >= 11 is 0. The monoisotopic (exact) mass is 299 g/mol. The van der Waals surface area contributed by atoms with Crippen LogP contribution in [-0.2, 0) is 0 Å². The van der Waals surface area contributed by atoms with Crippen LogP contribution >= 0.6 is 0 Å². The number of hydrogen-bond donors (Lipinski definition) is 3. The van der Waals surface area contributed by atoms with E-state index in [0.717, 1.165) is 0 Å². The molecule has 114 valence electrons. The first-order chi connectivity index (χ1) is 10.4. The molecule has 0 amide bonds. The van der Waals surface area contributed by atoms with Gasteiger partial charge in [0.1, 0.15) is 11.9 Å². The van der Waals surface area contributed by atoms with Crippen molar-refractivity contribution in [1.82, 2.24) is 15.2 Å². The van der Waals surface area contributed by atoms with Gasteiger partial charge in [-0.25, -0.2) is 4.98 Å². The number of nitrogens with one attached hydrogen (secondary N) is 2. The number of anilines is 1. The second-order valence-corrected chi connectivity index (χ2v) is 5.05. The number of H-pyrrole nitrogens is 1. The number of aromatic amines is 1. The van der Waals surface area contributed by atoms with Crippen molar-refractivity contribution in [2.24, 2.45) is 0 Å². The van der Waals surface area contributed by atoms with Crippen LogP contribution in [-0.4, -0.2) is 26.1 Å². The fourth-order valence-electron chi connectivity index (χ4n) is 2.01. The van der Waals surface area contributed by atoms with Crippen molar-refractivity contribution in [3.05, 3.63) is 41.0 Å². The van der Waals surface area contributed by atoms with Gasteiger partial charge in [-0.05, 0) is 39.0 Å². The van der Waals surface area contributed by atoms with Gasteiger partial charge in [0.05, 0.1) is 17.7 Å². The van der Waals surface area contributed by atoms with E-state index in [4.69, 9.17) is 5.26 Å². The minimum Gasteiger partial charge on any atom is -0.385 e. The van der Waals surface area contributed by atoms with Gasteiger partial charge in [0.2, 0.25) is 0 Å². The lowest BCUT2D eigenvalue weighted by atomic mass is 10.1. The predicted molar refractivity (Wildman–Crippen MR) is 80.2 cm³/mol. The van der Waals surface area contributed by atoms with Gasteiger partial charge in [-0.2, -0.15) is 10.4 Å². The minimum absolute atomic E-state index is 0.0959. The van der Waals surface area contributed by atoms with Crippen LogP contribution in [0, 0.1) is 11.3 Å². The summed E-state index contributed by atoms with van der Waals surface area (Å²) in [5.74, 6) is 0.746. The molecule has 0 fully saturated rings. The zero-order valence-corrected chi connectivity index (χ0v) is 12.6. The molecule has 0 aliphatic heterocycles. The number of carbonyl (C=O) groups is 1. The number of hydrogen-bond acceptors (Lipinski definition) is 6. The zero-order chi connectivity index (χ0) is 16.3. The summed E-state index contributed by atoms with van der Waals surface area (Å²) in [6, 6.07) is 6.62. The smallest absolute Gasteiger partial charge is 0.178 e. The fourth-order valence-corrected chi connectivity index (χ4v) is 2.01. The molecule has 3 N–H and O–H groups in total. The van der Waals surface area contributed by atoms with Crippen LogP contribution in [0.3, 0.4) is 0 Å². The molecule has 0 spiro atoms. The van der Waals surface area contributed by atoms with E-state index >= 15 is 0 Å². The van der Waals surface area contributed by atoms with Crippen LogP contribution in [0.25, 0.3) is 0 Å². The minimum atomic E-state index is -0.758. The van der Waals surface area contributed by atoms with Crippen molar-refractivity contribution >= 4 is 11.5 Å². The van der Waals surface area contributed by atoms with Crippen molar-refractivity contribution in [1.29, 1.82) is 5.26 Å². The Morgan fingerprint density at radius 3 is 2.73 bits per heavy atom.